The van der Waals surface area contributed by atoms with Crippen LogP contribution in [0, 0.1) is 5.82 Å². The third kappa shape index (κ3) is 7.41. The van der Waals surface area contributed by atoms with E-state index in [1.165, 1.54) is 0 Å². The molecule has 2 rings (SSSR count). The largest absolute Gasteiger partial charge is 0.399 e. The van der Waals surface area contributed by atoms with E-state index in [0.717, 1.165) is 0 Å². The van der Waals surface area contributed by atoms with Crippen LogP contribution in [-0.2, 0) is 11.1 Å². The van der Waals surface area contributed by atoms with Crippen molar-refractivity contribution < 1.29 is 39.9 Å². The van der Waals surface area contributed by atoms with Crippen molar-refractivity contribution >= 4 is 13.2 Å². The molecule has 0 saturated carbocycles. The van der Waals surface area contributed by atoms with Crippen molar-refractivity contribution in [2.45, 2.75) is 18.9 Å². The van der Waals surface area contributed by atoms with Gasteiger partial charge in [0.25, 0.3) is 7.37 Å². The van der Waals surface area contributed by atoms with Crippen LogP contribution in [0.25, 0.3) is 0 Å². The van der Waals surface area contributed by atoms with Crippen LogP contribution < -0.4 is 15.6 Å². The number of aromatic nitrogens is 2. The quantitative estimate of drug-likeness (QED) is 0.516. The van der Waals surface area contributed by atoms with Crippen LogP contribution in [0.1, 0.15) is 5.56 Å². The van der Waals surface area contributed by atoms with Crippen molar-refractivity contribution in [3.8, 4) is 0 Å². The van der Waals surface area contributed by atoms with Crippen molar-refractivity contribution in [3.63, 3.8) is 0 Å². The third-order valence-corrected chi connectivity index (χ3v) is 5.39. The van der Waals surface area contributed by atoms with Gasteiger partial charge < -0.3 is 9.94 Å². The van der Waals surface area contributed by atoms with Gasteiger partial charge in [-0.25, -0.2) is 9.18 Å². The summed E-state index contributed by atoms with van der Waals surface area (Å²) in [5.41, 5.74) is -0.875. The Kier molecular flexibility index (Phi) is 6.61. The standard InChI is InChI=1S/C15H13F7N3O3P/c16-11-7-25(28-29(27,8-14(17,18)19)9-15(20,21)22)13(26)24-12(11)23-6-10-4-2-1-3-5-10/h1-5,7H,6,8-9H2,(H,23,24,26). The average Bonchev–Trinajstić information content (AvgIpc) is 2.53. The van der Waals surface area contributed by atoms with Gasteiger partial charge in [0.15, 0.2) is 11.6 Å². The van der Waals surface area contributed by atoms with E-state index in [1.807, 2.05) is 0 Å². The summed E-state index contributed by atoms with van der Waals surface area (Å²) in [7, 11) is -5.52. The highest BCUT2D eigenvalue weighted by atomic mass is 31.2. The zero-order valence-electron chi connectivity index (χ0n) is 14.3. The van der Waals surface area contributed by atoms with Gasteiger partial charge in [0.2, 0.25) is 0 Å². The lowest BCUT2D eigenvalue weighted by atomic mass is 10.2. The van der Waals surface area contributed by atoms with Gasteiger partial charge in [-0.1, -0.05) is 30.3 Å². The molecule has 0 saturated heterocycles. The van der Waals surface area contributed by atoms with Gasteiger partial charge >= 0.3 is 18.0 Å². The van der Waals surface area contributed by atoms with Crippen molar-refractivity contribution in [1.29, 1.82) is 0 Å². The Morgan fingerprint density at radius 1 is 1.03 bits per heavy atom. The minimum Gasteiger partial charge on any atom is -0.363 e. The smallest absolute Gasteiger partial charge is 0.363 e. The molecule has 0 atom stereocenters. The molecule has 0 amide bonds. The SMILES string of the molecule is O=c1nc(NCc2ccccc2)c(F)cn1OP(=O)(CC(F)(F)F)CC(F)(F)F. The number of nitrogens with zero attached hydrogens (tertiary/aromatic N) is 2. The van der Waals surface area contributed by atoms with Crippen molar-refractivity contribution in [1.82, 2.24) is 9.71 Å². The second kappa shape index (κ2) is 8.44. The number of alkyl halides is 6. The summed E-state index contributed by atoms with van der Waals surface area (Å²) in [5, 5.41) is 2.45. The lowest BCUT2D eigenvalue weighted by molar-refractivity contribution is -0.115. The molecule has 0 bridgehead atoms. The first-order valence-corrected chi connectivity index (χ1v) is 9.74. The van der Waals surface area contributed by atoms with E-state index in [0.29, 0.717) is 5.56 Å². The first-order chi connectivity index (χ1) is 13.3. The molecule has 0 spiro atoms. The predicted molar refractivity (Wildman–Crippen MR) is 88.3 cm³/mol. The second-order valence-electron chi connectivity index (χ2n) is 5.83. The zero-order chi connectivity index (χ0) is 21.9. The van der Waals surface area contributed by atoms with Gasteiger partial charge in [0.1, 0.15) is 12.3 Å². The molecule has 29 heavy (non-hydrogen) atoms. The molecule has 0 aliphatic rings. The Bertz CT molecular complexity index is 925. The van der Waals surface area contributed by atoms with Crippen molar-refractivity contribution in [2.24, 2.45) is 0 Å². The highest BCUT2D eigenvalue weighted by Gasteiger charge is 2.48. The number of rotatable bonds is 7. The van der Waals surface area contributed by atoms with Gasteiger partial charge in [-0.3, -0.25) is 4.57 Å². The Morgan fingerprint density at radius 3 is 2.10 bits per heavy atom. The summed E-state index contributed by atoms with van der Waals surface area (Å²) in [6.45, 7) is 0.0235. The van der Waals surface area contributed by atoms with Crippen molar-refractivity contribution in [2.75, 3.05) is 17.6 Å². The highest BCUT2D eigenvalue weighted by molar-refractivity contribution is 7.59. The molecule has 0 unspecified atom stereocenters. The fraction of sp³-hybridized carbons (Fsp3) is 0.333. The monoisotopic (exact) mass is 447 g/mol. The summed E-state index contributed by atoms with van der Waals surface area (Å²) in [5.74, 6) is -1.92. The van der Waals surface area contributed by atoms with Gasteiger partial charge in [0.05, 0.1) is 6.20 Å². The van der Waals surface area contributed by atoms with Gasteiger partial charge in [-0.05, 0) is 5.56 Å². The minimum atomic E-state index is -5.52. The molecule has 1 aromatic heterocycles. The van der Waals surface area contributed by atoms with Crippen LogP contribution in [0.4, 0.5) is 36.6 Å². The normalized spacial score (nSPS) is 12.7. The van der Waals surface area contributed by atoms with E-state index in [9.17, 15) is 40.1 Å². The summed E-state index contributed by atoms with van der Waals surface area (Å²) < 4.78 is 105. The average molecular weight is 447 g/mol. The van der Waals surface area contributed by atoms with Crippen LogP contribution in [0.3, 0.4) is 0 Å². The maximum absolute atomic E-state index is 14.1. The number of nitrogens with one attached hydrogen (secondary N) is 1. The fourth-order valence-electron chi connectivity index (χ4n) is 2.20. The predicted octanol–water partition coefficient (Wildman–Crippen LogP) is 3.83. The summed E-state index contributed by atoms with van der Waals surface area (Å²) in [6, 6.07) is 8.43. The van der Waals surface area contributed by atoms with Crippen LogP contribution in [0.5, 0.6) is 0 Å². The number of halogens is 7. The van der Waals surface area contributed by atoms with Gasteiger partial charge in [0, 0.05) is 6.54 Å². The molecule has 14 heteroatoms. The molecule has 1 N–H and O–H groups in total. The van der Waals surface area contributed by atoms with E-state index in [-0.39, 0.29) is 17.5 Å². The lowest BCUT2D eigenvalue weighted by Gasteiger charge is -2.22. The molecule has 0 radical (unpaired) electrons. The number of hydrogen-bond acceptors (Lipinski definition) is 5. The molecule has 0 fully saturated rings. The first kappa shape index (κ1) is 22.7. The molecular formula is C15H13F7N3O3P. The molecule has 1 aromatic carbocycles. The number of benzene rings is 1. The molecular weight excluding hydrogens is 434 g/mol. The Morgan fingerprint density at radius 2 is 1.59 bits per heavy atom. The maximum atomic E-state index is 14.1. The van der Waals surface area contributed by atoms with Gasteiger partial charge in [-0.15, -0.1) is 4.73 Å². The second-order valence-corrected chi connectivity index (χ2v) is 8.25. The molecule has 0 aliphatic carbocycles. The van der Waals surface area contributed by atoms with Crippen LogP contribution in [-0.4, -0.2) is 34.4 Å². The number of anilines is 1. The van der Waals surface area contributed by atoms with E-state index >= 15 is 0 Å². The molecule has 6 nitrogen and oxygen atoms in total. The van der Waals surface area contributed by atoms with E-state index in [2.05, 4.69) is 14.9 Å². The van der Waals surface area contributed by atoms with E-state index < -0.39 is 49.4 Å². The fourth-order valence-corrected chi connectivity index (χ4v) is 3.96. The Balaban J connectivity index is 2.25. The van der Waals surface area contributed by atoms with Crippen LogP contribution in [0.2, 0.25) is 0 Å². The zero-order valence-corrected chi connectivity index (χ0v) is 15.2. The van der Waals surface area contributed by atoms with E-state index in [1.54, 1.807) is 30.3 Å². The number of hydrogen-bond donors (Lipinski definition) is 1. The summed E-state index contributed by atoms with van der Waals surface area (Å²) in [6.07, 6.45) is -15.3. The Labute approximate surface area is 158 Å². The maximum Gasteiger partial charge on any atom is 0.399 e. The van der Waals surface area contributed by atoms with Crippen LogP contribution >= 0.6 is 7.37 Å². The summed E-state index contributed by atoms with van der Waals surface area (Å²) in [4.78, 5) is 15.0. The molecule has 1 heterocycles. The topological polar surface area (TPSA) is 73.2 Å². The lowest BCUT2D eigenvalue weighted by Crippen LogP contribution is -2.33. The third-order valence-electron chi connectivity index (χ3n) is 3.23. The van der Waals surface area contributed by atoms with Crippen LogP contribution in [0.15, 0.2) is 41.3 Å². The Hall–Kier alpha value is -2.56. The molecule has 0 aliphatic heterocycles. The molecule has 160 valence electrons. The first-order valence-electron chi connectivity index (χ1n) is 7.75. The molecule has 2 aromatic rings. The van der Waals surface area contributed by atoms with Gasteiger partial charge in [-0.2, -0.15) is 31.3 Å². The minimum absolute atomic E-state index is 0.0235. The summed E-state index contributed by atoms with van der Waals surface area (Å²) >= 11 is 0. The van der Waals surface area contributed by atoms with E-state index in [4.69, 9.17) is 0 Å². The van der Waals surface area contributed by atoms with Crippen molar-refractivity contribution in [3.05, 3.63) is 58.4 Å². The highest BCUT2D eigenvalue weighted by Crippen LogP contribution is 2.51.